The van der Waals surface area contributed by atoms with Crippen molar-refractivity contribution in [2.45, 2.75) is 13.5 Å². The van der Waals surface area contributed by atoms with Crippen LogP contribution in [0, 0.1) is 6.92 Å². The fourth-order valence-corrected chi connectivity index (χ4v) is 2.39. The first-order chi connectivity index (χ1) is 12.1. The summed E-state index contributed by atoms with van der Waals surface area (Å²) in [7, 11) is 0. The molecule has 0 atom stereocenters. The number of benzene rings is 2. The molecular formula is C20H24N2O3. The molecular weight excluding hydrogens is 316 g/mol. The Morgan fingerprint density at radius 1 is 1.28 bits per heavy atom. The number of urea groups is 1. The molecule has 0 aliphatic heterocycles. The normalized spacial score (nSPS) is 10.2. The minimum absolute atomic E-state index is 0.0963. The molecule has 0 radical (unpaired) electrons. The first-order valence-corrected chi connectivity index (χ1v) is 8.18. The van der Waals surface area contributed by atoms with E-state index in [0.29, 0.717) is 24.6 Å². The minimum atomic E-state index is -0.287. The molecule has 0 aromatic heterocycles. The van der Waals surface area contributed by atoms with E-state index in [0.717, 1.165) is 5.56 Å². The first kappa shape index (κ1) is 18.5. The van der Waals surface area contributed by atoms with Crippen molar-refractivity contribution in [1.29, 1.82) is 0 Å². The standard InChI is InChI=1S/C20H24N2O3/c1-3-10-22(11-12-23)20(24)21-18-8-5-9-19(14-18)25-15-17-7-4-6-16(2)13-17/h3-9,13-14,23H,1,10-12,15H2,2H3,(H,21,24). The first-order valence-electron chi connectivity index (χ1n) is 8.18. The van der Waals surface area contributed by atoms with Crippen molar-refractivity contribution in [3.05, 3.63) is 72.3 Å². The predicted molar refractivity (Wildman–Crippen MR) is 99.8 cm³/mol. The Morgan fingerprint density at radius 2 is 2.08 bits per heavy atom. The van der Waals surface area contributed by atoms with Gasteiger partial charge in [-0.1, -0.05) is 42.0 Å². The number of anilines is 1. The predicted octanol–water partition coefficient (Wildman–Crippen LogP) is 3.59. The van der Waals surface area contributed by atoms with Crippen molar-refractivity contribution in [3.8, 4) is 5.75 Å². The molecule has 0 aliphatic rings. The van der Waals surface area contributed by atoms with Crippen LogP contribution in [0.4, 0.5) is 10.5 Å². The van der Waals surface area contributed by atoms with E-state index in [1.54, 1.807) is 18.2 Å². The fraction of sp³-hybridized carbons (Fsp3) is 0.250. The lowest BCUT2D eigenvalue weighted by Crippen LogP contribution is -2.37. The Bertz CT molecular complexity index is 716. The van der Waals surface area contributed by atoms with E-state index in [9.17, 15) is 4.79 Å². The van der Waals surface area contributed by atoms with E-state index < -0.39 is 0 Å². The van der Waals surface area contributed by atoms with E-state index in [1.165, 1.54) is 10.5 Å². The Morgan fingerprint density at radius 3 is 2.80 bits per heavy atom. The summed E-state index contributed by atoms with van der Waals surface area (Å²) in [6.07, 6.45) is 1.62. The number of nitrogens with one attached hydrogen (secondary N) is 1. The van der Waals surface area contributed by atoms with Gasteiger partial charge in [0.05, 0.1) is 6.61 Å². The fourth-order valence-electron chi connectivity index (χ4n) is 2.39. The topological polar surface area (TPSA) is 61.8 Å². The maximum absolute atomic E-state index is 12.2. The molecule has 0 heterocycles. The molecule has 0 bridgehead atoms. The number of ether oxygens (including phenoxy) is 1. The smallest absolute Gasteiger partial charge is 0.322 e. The molecule has 25 heavy (non-hydrogen) atoms. The van der Waals surface area contributed by atoms with Gasteiger partial charge < -0.3 is 20.1 Å². The average molecular weight is 340 g/mol. The number of aryl methyl sites for hydroxylation is 1. The minimum Gasteiger partial charge on any atom is -0.489 e. The largest absolute Gasteiger partial charge is 0.489 e. The van der Waals surface area contributed by atoms with Crippen LogP contribution in [0.3, 0.4) is 0 Å². The Hall–Kier alpha value is -2.79. The van der Waals surface area contributed by atoms with Crippen molar-refractivity contribution in [3.63, 3.8) is 0 Å². The summed E-state index contributed by atoms with van der Waals surface area (Å²) in [5.41, 5.74) is 2.92. The zero-order valence-corrected chi connectivity index (χ0v) is 14.4. The Balaban J connectivity index is 1.98. The molecule has 0 aliphatic carbocycles. The van der Waals surface area contributed by atoms with Crippen LogP contribution in [0.25, 0.3) is 0 Å². The second-order valence-corrected chi connectivity index (χ2v) is 5.69. The highest BCUT2D eigenvalue weighted by Crippen LogP contribution is 2.19. The molecule has 5 heteroatoms. The van der Waals surface area contributed by atoms with Gasteiger partial charge in [0, 0.05) is 24.8 Å². The van der Waals surface area contributed by atoms with Crippen LogP contribution in [0.15, 0.2) is 61.2 Å². The van der Waals surface area contributed by atoms with Gasteiger partial charge in [-0.2, -0.15) is 0 Å². The molecule has 2 aromatic carbocycles. The maximum atomic E-state index is 12.2. The van der Waals surface area contributed by atoms with Gasteiger partial charge in [0.2, 0.25) is 0 Å². The van der Waals surface area contributed by atoms with Crippen molar-refractivity contribution < 1.29 is 14.6 Å². The van der Waals surface area contributed by atoms with Crippen LogP contribution < -0.4 is 10.1 Å². The van der Waals surface area contributed by atoms with Crippen molar-refractivity contribution in [1.82, 2.24) is 4.90 Å². The summed E-state index contributed by atoms with van der Waals surface area (Å²) >= 11 is 0. The van der Waals surface area contributed by atoms with Crippen LogP contribution in [0.5, 0.6) is 5.75 Å². The average Bonchev–Trinajstić information content (AvgIpc) is 2.60. The van der Waals surface area contributed by atoms with Crippen LogP contribution in [-0.2, 0) is 6.61 Å². The van der Waals surface area contributed by atoms with Crippen molar-refractivity contribution in [2.75, 3.05) is 25.0 Å². The number of aliphatic hydroxyl groups excluding tert-OH is 1. The van der Waals surface area contributed by atoms with E-state index in [4.69, 9.17) is 9.84 Å². The van der Waals surface area contributed by atoms with E-state index in [2.05, 4.69) is 18.0 Å². The van der Waals surface area contributed by atoms with Gasteiger partial charge in [-0.3, -0.25) is 0 Å². The second kappa shape index (κ2) is 9.49. The molecule has 0 saturated carbocycles. The molecule has 0 saturated heterocycles. The van der Waals surface area contributed by atoms with Gasteiger partial charge in [0.1, 0.15) is 12.4 Å². The summed E-state index contributed by atoms with van der Waals surface area (Å²) < 4.78 is 5.80. The molecule has 132 valence electrons. The number of amides is 2. The Kier molecular flexibility index (Phi) is 7.04. The van der Waals surface area contributed by atoms with Gasteiger partial charge in [0.25, 0.3) is 0 Å². The molecule has 2 rings (SSSR count). The van der Waals surface area contributed by atoms with E-state index in [-0.39, 0.29) is 19.2 Å². The zero-order chi connectivity index (χ0) is 18.1. The van der Waals surface area contributed by atoms with Crippen LogP contribution in [-0.4, -0.2) is 35.7 Å². The molecule has 2 N–H and O–H groups in total. The number of carbonyl (C=O) groups is 1. The number of nitrogens with zero attached hydrogens (tertiary/aromatic N) is 1. The highest BCUT2D eigenvalue weighted by Gasteiger charge is 2.11. The number of hydrogen-bond acceptors (Lipinski definition) is 3. The third-order valence-electron chi connectivity index (χ3n) is 3.58. The SMILES string of the molecule is C=CCN(CCO)C(=O)Nc1cccc(OCc2cccc(C)c2)c1. The molecule has 5 nitrogen and oxygen atoms in total. The summed E-state index contributed by atoms with van der Waals surface area (Å²) in [6.45, 7) is 6.66. The van der Waals surface area contributed by atoms with Crippen molar-refractivity contribution in [2.24, 2.45) is 0 Å². The number of carbonyl (C=O) groups excluding carboxylic acids is 1. The highest BCUT2D eigenvalue weighted by molar-refractivity contribution is 5.89. The lowest BCUT2D eigenvalue weighted by molar-refractivity contribution is 0.195. The van der Waals surface area contributed by atoms with Crippen LogP contribution >= 0.6 is 0 Å². The second-order valence-electron chi connectivity index (χ2n) is 5.69. The van der Waals surface area contributed by atoms with Crippen molar-refractivity contribution >= 4 is 11.7 Å². The monoisotopic (exact) mass is 340 g/mol. The Labute approximate surface area is 148 Å². The quantitative estimate of drug-likeness (QED) is 0.722. The molecule has 2 aromatic rings. The summed E-state index contributed by atoms with van der Waals surface area (Å²) in [5.74, 6) is 0.678. The highest BCUT2D eigenvalue weighted by atomic mass is 16.5. The van der Waals surface area contributed by atoms with Gasteiger partial charge in [-0.25, -0.2) is 4.79 Å². The lowest BCUT2D eigenvalue weighted by atomic mass is 10.1. The number of rotatable bonds is 8. The van der Waals surface area contributed by atoms with Crippen LogP contribution in [0.2, 0.25) is 0 Å². The van der Waals surface area contributed by atoms with Gasteiger partial charge in [-0.15, -0.1) is 6.58 Å². The third kappa shape index (κ3) is 5.97. The number of aliphatic hydroxyl groups is 1. The third-order valence-corrected chi connectivity index (χ3v) is 3.58. The number of hydrogen-bond donors (Lipinski definition) is 2. The molecule has 0 spiro atoms. The summed E-state index contributed by atoms with van der Waals surface area (Å²) in [5, 5.41) is 11.9. The molecule has 2 amide bonds. The van der Waals surface area contributed by atoms with Gasteiger partial charge in [0.15, 0.2) is 0 Å². The maximum Gasteiger partial charge on any atom is 0.322 e. The van der Waals surface area contributed by atoms with Gasteiger partial charge in [-0.05, 0) is 24.6 Å². The zero-order valence-electron chi connectivity index (χ0n) is 14.4. The summed E-state index contributed by atoms with van der Waals surface area (Å²) in [6, 6.07) is 15.1. The summed E-state index contributed by atoms with van der Waals surface area (Å²) in [4.78, 5) is 13.7. The molecule has 0 fully saturated rings. The van der Waals surface area contributed by atoms with E-state index >= 15 is 0 Å². The molecule has 0 unspecified atom stereocenters. The lowest BCUT2D eigenvalue weighted by Gasteiger charge is -2.20. The van der Waals surface area contributed by atoms with E-state index in [1.807, 2.05) is 37.3 Å². The van der Waals surface area contributed by atoms with Gasteiger partial charge >= 0.3 is 6.03 Å². The van der Waals surface area contributed by atoms with Crippen LogP contribution in [0.1, 0.15) is 11.1 Å².